The summed E-state index contributed by atoms with van der Waals surface area (Å²) in [5.74, 6) is 1.57. The zero-order valence-corrected chi connectivity index (χ0v) is 14.2. The van der Waals surface area contributed by atoms with Gasteiger partial charge in [-0.25, -0.2) is 0 Å². The summed E-state index contributed by atoms with van der Waals surface area (Å²) >= 11 is 1.66. The summed E-state index contributed by atoms with van der Waals surface area (Å²) in [7, 11) is 0. The van der Waals surface area contributed by atoms with Crippen LogP contribution in [0, 0.1) is 5.92 Å². The van der Waals surface area contributed by atoms with Gasteiger partial charge in [-0.2, -0.15) is 0 Å². The number of hydrogen-bond acceptors (Lipinski definition) is 4. The lowest BCUT2D eigenvalue weighted by molar-refractivity contribution is -0.141. The molecular formula is C17H23N3O2S. The van der Waals surface area contributed by atoms with Crippen molar-refractivity contribution in [2.45, 2.75) is 44.7 Å². The second-order valence-corrected chi connectivity index (χ2v) is 7.32. The van der Waals surface area contributed by atoms with Crippen LogP contribution in [0.1, 0.15) is 44.2 Å². The molecule has 0 spiro atoms. The van der Waals surface area contributed by atoms with Gasteiger partial charge < -0.3 is 10.2 Å². The van der Waals surface area contributed by atoms with E-state index in [9.17, 15) is 9.59 Å². The molecule has 2 aliphatic rings. The van der Waals surface area contributed by atoms with Gasteiger partial charge in [-0.1, -0.05) is 12.8 Å². The van der Waals surface area contributed by atoms with Crippen molar-refractivity contribution in [2.75, 3.05) is 11.6 Å². The fourth-order valence-corrected chi connectivity index (χ4v) is 4.49. The average molecular weight is 333 g/mol. The Hall–Kier alpha value is -1.56. The first-order valence-electron chi connectivity index (χ1n) is 8.25. The molecule has 2 heterocycles. The number of hydrogen-bond donors (Lipinski definition) is 1. The number of thioether (sulfide) groups is 1. The highest BCUT2D eigenvalue weighted by molar-refractivity contribution is 7.99. The normalized spacial score (nSPS) is 23.0. The molecule has 0 radical (unpaired) electrons. The van der Waals surface area contributed by atoms with E-state index in [0.29, 0.717) is 11.6 Å². The lowest BCUT2D eigenvalue weighted by Gasteiger charge is -2.27. The Balaban J connectivity index is 1.62. The van der Waals surface area contributed by atoms with E-state index in [1.54, 1.807) is 29.1 Å². The lowest BCUT2D eigenvalue weighted by Crippen LogP contribution is -2.49. The number of nitrogens with one attached hydrogen (secondary N) is 1. The fraction of sp³-hybridized carbons (Fsp3) is 0.588. The van der Waals surface area contributed by atoms with Gasteiger partial charge in [0.15, 0.2) is 0 Å². The van der Waals surface area contributed by atoms with Gasteiger partial charge in [0, 0.05) is 24.1 Å². The topological polar surface area (TPSA) is 62.3 Å². The predicted molar refractivity (Wildman–Crippen MR) is 90.7 cm³/mol. The number of pyridine rings is 1. The van der Waals surface area contributed by atoms with E-state index in [4.69, 9.17) is 0 Å². The molecule has 0 aromatic carbocycles. The Morgan fingerprint density at radius 3 is 2.70 bits per heavy atom. The van der Waals surface area contributed by atoms with Crippen LogP contribution in [0.25, 0.3) is 0 Å². The molecule has 6 heteroatoms. The average Bonchev–Trinajstić information content (AvgIpc) is 3.26. The van der Waals surface area contributed by atoms with E-state index in [2.05, 4.69) is 10.3 Å². The quantitative estimate of drug-likeness (QED) is 0.919. The molecule has 2 fully saturated rings. The first kappa shape index (κ1) is 16.3. The highest BCUT2D eigenvalue weighted by atomic mass is 32.2. The first-order chi connectivity index (χ1) is 11.2. The summed E-state index contributed by atoms with van der Waals surface area (Å²) in [6.45, 7) is 1.96. The highest BCUT2D eigenvalue weighted by Gasteiger charge is 2.38. The molecule has 1 aromatic rings. The van der Waals surface area contributed by atoms with Gasteiger partial charge in [0.05, 0.1) is 11.9 Å². The van der Waals surface area contributed by atoms with Crippen molar-refractivity contribution in [2.24, 2.45) is 5.92 Å². The summed E-state index contributed by atoms with van der Waals surface area (Å²) in [5.41, 5.74) is 1.02. The summed E-state index contributed by atoms with van der Waals surface area (Å²) in [6, 6.07) is 3.38. The molecule has 124 valence electrons. The Bertz CT molecular complexity index is 560. The minimum absolute atomic E-state index is 0.0503. The number of nitrogens with zero attached hydrogens (tertiary/aromatic N) is 2. The van der Waals surface area contributed by atoms with Crippen molar-refractivity contribution in [3.8, 4) is 0 Å². The third kappa shape index (κ3) is 3.68. The molecule has 3 rings (SSSR count). The van der Waals surface area contributed by atoms with E-state index < -0.39 is 0 Å². The first-order valence-corrected chi connectivity index (χ1v) is 9.41. The summed E-state index contributed by atoms with van der Waals surface area (Å²) < 4.78 is 0. The Morgan fingerprint density at radius 2 is 2.00 bits per heavy atom. The molecule has 23 heavy (non-hydrogen) atoms. The third-order valence-electron chi connectivity index (χ3n) is 4.74. The van der Waals surface area contributed by atoms with E-state index >= 15 is 0 Å². The van der Waals surface area contributed by atoms with Crippen LogP contribution < -0.4 is 5.32 Å². The van der Waals surface area contributed by atoms with Gasteiger partial charge in [-0.15, -0.1) is 11.8 Å². The summed E-state index contributed by atoms with van der Waals surface area (Å²) in [5, 5.41) is 3.04. The van der Waals surface area contributed by atoms with Crippen LogP contribution in [0.2, 0.25) is 0 Å². The Labute approximate surface area is 141 Å². The number of aromatic nitrogens is 1. The molecule has 1 saturated carbocycles. The SMILES string of the molecule is C[C@H](NC(=O)[C@H]1CSCN1C(=O)C1CCCC1)c1ccncc1. The second kappa shape index (κ2) is 7.34. The van der Waals surface area contributed by atoms with Crippen LogP contribution in [-0.2, 0) is 9.59 Å². The van der Waals surface area contributed by atoms with Crippen molar-refractivity contribution in [3.05, 3.63) is 30.1 Å². The van der Waals surface area contributed by atoms with Gasteiger partial charge in [0.1, 0.15) is 6.04 Å². The van der Waals surface area contributed by atoms with Crippen LogP contribution in [0.15, 0.2) is 24.5 Å². The lowest BCUT2D eigenvalue weighted by atomic mass is 10.1. The fourth-order valence-electron chi connectivity index (χ4n) is 3.33. The van der Waals surface area contributed by atoms with Crippen LogP contribution in [0.3, 0.4) is 0 Å². The van der Waals surface area contributed by atoms with Crippen molar-refractivity contribution in [1.82, 2.24) is 15.2 Å². The van der Waals surface area contributed by atoms with Crippen molar-refractivity contribution in [3.63, 3.8) is 0 Å². The van der Waals surface area contributed by atoms with Gasteiger partial charge in [-0.05, 0) is 37.5 Å². The molecule has 0 unspecified atom stereocenters. The molecule has 0 bridgehead atoms. The molecule has 1 aliphatic heterocycles. The van der Waals surface area contributed by atoms with Gasteiger partial charge in [0.25, 0.3) is 0 Å². The van der Waals surface area contributed by atoms with Gasteiger partial charge in [-0.3, -0.25) is 14.6 Å². The molecule has 5 nitrogen and oxygen atoms in total. The minimum Gasteiger partial charge on any atom is -0.348 e. The number of amides is 2. The maximum atomic E-state index is 12.6. The van der Waals surface area contributed by atoms with Crippen molar-refractivity contribution in [1.29, 1.82) is 0 Å². The van der Waals surface area contributed by atoms with Gasteiger partial charge in [0.2, 0.25) is 11.8 Å². The predicted octanol–water partition coefficient (Wildman–Crippen LogP) is 2.35. The van der Waals surface area contributed by atoms with Crippen LogP contribution >= 0.6 is 11.8 Å². The maximum absolute atomic E-state index is 12.6. The maximum Gasteiger partial charge on any atom is 0.244 e. The largest absolute Gasteiger partial charge is 0.348 e. The monoisotopic (exact) mass is 333 g/mol. The highest BCUT2D eigenvalue weighted by Crippen LogP contribution is 2.31. The standard InChI is InChI=1S/C17H23N3O2S/c1-12(13-6-8-18-9-7-13)19-16(21)15-10-23-11-20(15)17(22)14-4-2-3-5-14/h6-9,12,14-15H,2-5,10-11H2,1H3,(H,19,21)/t12-,15+/m0/s1. The third-order valence-corrected chi connectivity index (χ3v) is 5.75. The minimum atomic E-state index is -0.336. The molecule has 1 aromatic heterocycles. The molecule has 1 N–H and O–H groups in total. The van der Waals surface area contributed by atoms with Crippen LogP contribution in [-0.4, -0.2) is 39.4 Å². The number of rotatable bonds is 4. The van der Waals surface area contributed by atoms with E-state index in [0.717, 1.165) is 31.2 Å². The van der Waals surface area contributed by atoms with Crippen LogP contribution in [0.4, 0.5) is 0 Å². The number of carbonyl (C=O) groups excluding carboxylic acids is 2. The van der Waals surface area contributed by atoms with Gasteiger partial charge >= 0.3 is 0 Å². The van der Waals surface area contributed by atoms with Crippen molar-refractivity contribution < 1.29 is 9.59 Å². The van der Waals surface area contributed by atoms with E-state index in [-0.39, 0.29) is 29.8 Å². The summed E-state index contributed by atoms with van der Waals surface area (Å²) in [6.07, 6.45) is 7.66. The zero-order valence-electron chi connectivity index (χ0n) is 13.4. The second-order valence-electron chi connectivity index (χ2n) is 6.32. The molecular weight excluding hydrogens is 310 g/mol. The zero-order chi connectivity index (χ0) is 16.2. The molecule has 1 aliphatic carbocycles. The van der Waals surface area contributed by atoms with Crippen molar-refractivity contribution >= 4 is 23.6 Å². The Morgan fingerprint density at radius 1 is 1.30 bits per heavy atom. The molecule has 2 atom stereocenters. The number of carbonyl (C=O) groups is 2. The van der Waals surface area contributed by atoms with E-state index in [1.165, 1.54) is 0 Å². The smallest absolute Gasteiger partial charge is 0.244 e. The van der Waals surface area contributed by atoms with E-state index in [1.807, 2.05) is 19.1 Å². The van der Waals surface area contributed by atoms with Crippen LogP contribution in [0.5, 0.6) is 0 Å². The Kier molecular flexibility index (Phi) is 5.20. The molecule has 2 amide bonds. The molecule has 1 saturated heterocycles. The summed E-state index contributed by atoms with van der Waals surface area (Å²) in [4.78, 5) is 31.0.